The molecule has 3 aromatic rings. The molecule has 0 radical (unpaired) electrons. The van der Waals surface area contributed by atoms with Crippen molar-refractivity contribution in [2.45, 2.75) is 37.6 Å². The molecule has 176 valence electrons. The molecule has 1 atom stereocenters. The van der Waals surface area contributed by atoms with Crippen LogP contribution in [0.25, 0.3) is 0 Å². The predicted octanol–water partition coefficient (Wildman–Crippen LogP) is 2.13. The van der Waals surface area contributed by atoms with E-state index in [0.717, 1.165) is 17.1 Å². The quantitative estimate of drug-likeness (QED) is 0.625. The van der Waals surface area contributed by atoms with Gasteiger partial charge in [-0.3, -0.25) is 14.6 Å². The van der Waals surface area contributed by atoms with Crippen LogP contribution in [0.5, 0.6) is 5.75 Å². The maximum absolute atomic E-state index is 13.1. The second kappa shape index (κ2) is 9.26. The molecule has 1 N–H and O–H groups in total. The van der Waals surface area contributed by atoms with E-state index in [4.69, 9.17) is 9.47 Å². The second-order valence-electron chi connectivity index (χ2n) is 8.58. The van der Waals surface area contributed by atoms with Crippen LogP contribution in [0.1, 0.15) is 34.7 Å². The number of imidazole rings is 1. The monoisotopic (exact) mass is 461 g/mol. The number of amides is 2. The SMILES string of the molecule is COc1cccc(CNC(=O)[C@@H]2Cn3ccnc3C3(CCN(C(=O)c4ccccn4)CC3)O2)c1. The first-order valence-corrected chi connectivity index (χ1v) is 11.4. The van der Waals surface area contributed by atoms with Crippen molar-refractivity contribution >= 4 is 11.8 Å². The van der Waals surface area contributed by atoms with Crippen LogP contribution in [0.4, 0.5) is 0 Å². The number of rotatable bonds is 5. The molecular formula is C25H27N5O4. The highest BCUT2D eigenvalue weighted by molar-refractivity contribution is 5.92. The zero-order valence-corrected chi connectivity index (χ0v) is 19.0. The van der Waals surface area contributed by atoms with Crippen molar-refractivity contribution < 1.29 is 19.1 Å². The van der Waals surface area contributed by atoms with E-state index in [0.29, 0.717) is 44.7 Å². The molecule has 0 bridgehead atoms. The largest absolute Gasteiger partial charge is 0.497 e. The van der Waals surface area contributed by atoms with Gasteiger partial charge in [0.05, 0.1) is 13.7 Å². The average Bonchev–Trinajstić information content (AvgIpc) is 3.38. The molecule has 4 heterocycles. The highest BCUT2D eigenvalue weighted by atomic mass is 16.5. The summed E-state index contributed by atoms with van der Waals surface area (Å²) >= 11 is 0. The third-order valence-corrected chi connectivity index (χ3v) is 6.49. The summed E-state index contributed by atoms with van der Waals surface area (Å²) in [4.78, 5) is 36.4. The number of hydrogen-bond donors (Lipinski definition) is 1. The zero-order valence-electron chi connectivity index (χ0n) is 19.0. The highest BCUT2D eigenvalue weighted by Crippen LogP contribution is 2.40. The van der Waals surface area contributed by atoms with Gasteiger partial charge in [-0.25, -0.2) is 4.98 Å². The number of benzene rings is 1. The molecule has 1 aromatic carbocycles. The number of fused-ring (bicyclic) bond motifs is 2. The lowest BCUT2D eigenvalue weighted by molar-refractivity contribution is -0.172. The number of ether oxygens (including phenoxy) is 2. The van der Waals surface area contributed by atoms with E-state index in [1.54, 1.807) is 36.5 Å². The first-order chi connectivity index (χ1) is 16.6. The Bertz CT molecular complexity index is 1170. The number of nitrogens with zero attached hydrogens (tertiary/aromatic N) is 4. The third kappa shape index (κ3) is 4.26. The van der Waals surface area contributed by atoms with Crippen LogP contribution in [0.15, 0.2) is 61.1 Å². The summed E-state index contributed by atoms with van der Waals surface area (Å²) in [5.41, 5.74) is 0.669. The molecular weight excluding hydrogens is 434 g/mol. The number of pyridine rings is 1. The lowest BCUT2D eigenvalue weighted by Crippen LogP contribution is -2.54. The number of likely N-dealkylation sites (tertiary alicyclic amines) is 1. The van der Waals surface area contributed by atoms with Gasteiger partial charge in [0, 0.05) is 51.1 Å². The fourth-order valence-corrected chi connectivity index (χ4v) is 4.68. The Morgan fingerprint density at radius 1 is 1.15 bits per heavy atom. The van der Waals surface area contributed by atoms with Gasteiger partial charge in [-0.05, 0) is 29.8 Å². The summed E-state index contributed by atoms with van der Waals surface area (Å²) in [5.74, 6) is 1.29. The first-order valence-electron chi connectivity index (χ1n) is 11.4. The van der Waals surface area contributed by atoms with Gasteiger partial charge in [0.2, 0.25) is 0 Å². The Kier molecular flexibility index (Phi) is 6.02. The molecule has 2 aliphatic heterocycles. The van der Waals surface area contributed by atoms with E-state index in [2.05, 4.69) is 15.3 Å². The van der Waals surface area contributed by atoms with Gasteiger partial charge in [0.25, 0.3) is 11.8 Å². The molecule has 2 amide bonds. The number of hydrogen-bond acceptors (Lipinski definition) is 6. The van der Waals surface area contributed by atoms with E-state index >= 15 is 0 Å². The van der Waals surface area contributed by atoms with Crippen LogP contribution < -0.4 is 10.1 Å². The summed E-state index contributed by atoms with van der Waals surface area (Å²) in [6.45, 7) is 1.78. The van der Waals surface area contributed by atoms with E-state index in [1.807, 2.05) is 41.1 Å². The van der Waals surface area contributed by atoms with Crippen LogP contribution in [-0.4, -0.2) is 57.6 Å². The first kappa shape index (κ1) is 22.1. The molecule has 1 fully saturated rings. The summed E-state index contributed by atoms with van der Waals surface area (Å²) in [5, 5.41) is 2.99. The number of piperidine rings is 1. The van der Waals surface area contributed by atoms with Crippen LogP contribution >= 0.6 is 0 Å². The highest BCUT2D eigenvalue weighted by Gasteiger charge is 2.47. The van der Waals surface area contributed by atoms with Crippen molar-refractivity contribution in [2.75, 3.05) is 20.2 Å². The molecule has 2 aliphatic rings. The molecule has 5 rings (SSSR count). The molecule has 34 heavy (non-hydrogen) atoms. The van der Waals surface area contributed by atoms with Gasteiger partial charge >= 0.3 is 0 Å². The normalized spacial score (nSPS) is 18.9. The lowest BCUT2D eigenvalue weighted by atomic mass is 9.88. The van der Waals surface area contributed by atoms with Crippen LogP contribution in [-0.2, 0) is 28.2 Å². The fourth-order valence-electron chi connectivity index (χ4n) is 4.68. The fraction of sp³-hybridized carbons (Fsp3) is 0.360. The molecule has 1 saturated heterocycles. The standard InChI is InChI=1S/C25H27N5O4/c1-33-19-6-4-5-18(15-19)16-28-22(31)21-17-30-14-11-27-24(30)25(34-21)8-12-29(13-9-25)23(32)20-7-2-3-10-26-20/h2-7,10-11,14-15,21H,8-9,12-13,16-17H2,1H3,(H,28,31)/t21-/m0/s1. The van der Waals surface area contributed by atoms with Crippen LogP contribution in [0.3, 0.4) is 0 Å². The summed E-state index contributed by atoms with van der Waals surface area (Å²) in [6.07, 6.45) is 5.71. The molecule has 0 unspecified atom stereocenters. The number of carbonyl (C=O) groups is 2. The van der Waals surface area contributed by atoms with Crippen molar-refractivity contribution in [3.63, 3.8) is 0 Å². The summed E-state index contributed by atoms with van der Waals surface area (Å²) in [6, 6.07) is 12.9. The number of aromatic nitrogens is 3. The maximum Gasteiger partial charge on any atom is 0.272 e. The number of nitrogens with one attached hydrogen (secondary N) is 1. The molecule has 0 saturated carbocycles. The predicted molar refractivity (Wildman–Crippen MR) is 123 cm³/mol. The third-order valence-electron chi connectivity index (χ3n) is 6.49. The Balaban J connectivity index is 1.27. The van der Waals surface area contributed by atoms with Gasteiger partial charge in [-0.15, -0.1) is 0 Å². The Morgan fingerprint density at radius 2 is 2.00 bits per heavy atom. The van der Waals surface area contributed by atoms with Gasteiger partial charge in [-0.2, -0.15) is 0 Å². The van der Waals surface area contributed by atoms with Gasteiger partial charge < -0.3 is 24.3 Å². The second-order valence-corrected chi connectivity index (χ2v) is 8.58. The average molecular weight is 462 g/mol. The van der Waals surface area contributed by atoms with E-state index in [1.165, 1.54) is 0 Å². The van der Waals surface area contributed by atoms with Crippen LogP contribution in [0.2, 0.25) is 0 Å². The Labute approximate surface area is 197 Å². The minimum atomic E-state index is -0.708. The smallest absolute Gasteiger partial charge is 0.272 e. The van der Waals surface area contributed by atoms with E-state index in [-0.39, 0.29) is 11.8 Å². The number of methoxy groups -OCH3 is 1. The number of carbonyl (C=O) groups excluding carboxylic acids is 2. The van der Waals surface area contributed by atoms with E-state index in [9.17, 15) is 9.59 Å². The molecule has 9 heteroatoms. The summed E-state index contributed by atoms with van der Waals surface area (Å²) in [7, 11) is 1.62. The minimum Gasteiger partial charge on any atom is -0.497 e. The minimum absolute atomic E-state index is 0.0952. The van der Waals surface area contributed by atoms with Crippen LogP contribution in [0, 0.1) is 0 Å². The van der Waals surface area contributed by atoms with Crippen molar-refractivity contribution in [3.8, 4) is 5.75 Å². The Hall–Kier alpha value is -3.72. The van der Waals surface area contributed by atoms with Gasteiger partial charge in [0.1, 0.15) is 22.9 Å². The topological polar surface area (TPSA) is 98.6 Å². The van der Waals surface area contributed by atoms with Crippen molar-refractivity contribution in [1.29, 1.82) is 0 Å². The van der Waals surface area contributed by atoms with Gasteiger partial charge in [0.15, 0.2) is 6.10 Å². The molecule has 0 aliphatic carbocycles. The lowest BCUT2D eigenvalue weighted by Gasteiger charge is -2.45. The van der Waals surface area contributed by atoms with Crippen molar-refractivity contribution in [3.05, 3.63) is 78.1 Å². The molecule has 9 nitrogen and oxygen atoms in total. The Morgan fingerprint density at radius 3 is 2.76 bits per heavy atom. The molecule has 1 spiro atoms. The van der Waals surface area contributed by atoms with Crippen molar-refractivity contribution in [1.82, 2.24) is 24.8 Å². The summed E-state index contributed by atoms with van der Waals surface area (Å²) < 4.78 is 13.7. The molecule has 2 aromatic heterocycles. The van der Waals surface area contributed by atoms with Crippen molar-refractivity contribution in [2.24, 2.45) is 0 Å². The maximum atomic E-state index is 13.1. The zero-order chi connectivity index (χ0) is 23.5. The van der Waals surface area contributed by atoms with E-state index < -0.39 is 11.7 Å². The van der Waals surface area contributed by atoms with Gasteiger partial charge in [-0.1, -0.05) is 18.2 Å².